The highest BCUT2D eigenvalue weighted by Crippen LogP contribution is 2.21. The highest BCUT2D eigenvalue weighted by atomic mass is 28.4. The number of nitrogens with zero attached hydrogens (tertiary/aromatic N) is 3. The van der Waals surface area contributed by atoms with Crippen LogP contribution in [0.3, 0.4) is 0 Å². The molecule has 1 unspecified atom stereocenters. The van der Waals surface area contributed by atoms with Gasteiger partial charge in [-0.05, 0) is 101 Å². The molecular weight excluding hydrogens is 621 g/mol. The van der Waals surface area contributed by atoms with Gasteiger partial charge in [0.2, 0.25) is 17.8 Å². The van der Waals surface area contributed by atoms with Crippen molar-refractivity contribution in [2.75, 3.05) is 35.7 Å². The molecule has 0 saturated heterocycles. The Morgan fingerprint density at radius 3 is 1.60 bits per heavy atom. The van der Waals surface area contributed by atoms with Crippen LogP contribution < -0.4 is 16.0 Å². The van der Waals surface area contributed by atoms with Crippen LogP contribution in [0, 0.1) is 0 Å². The first-order valence-electron chi connectivity index (χ1n) is 15.7. The van der Waals surface area contributed by atoms with Crippen molar-refractivity contribution in [1.29, 1.82) is 0 Å². The molecule has 45 heavy (non-hydrogen) atoms. The number of nitrogens with one attached hydrogen (secondary N) is 3. The lowest BCUT2D eigenvalue weighted by Crippen LogP contribution is -2.35. The first kappa shape index (κ1) is 35.9. The number of rotatable bonds is 18. The topological polar surface area (TPSA) is 137 Å². The van der Waals surface area contributed by atoms with E-state index in [2.05, 4.69) is 63.6 Å². The van der Waals surface area contributed by atoms with Crippen molar-refractivity contribution >= 4 is 67.3 Å². The summed E-state index contributed by atoms with van der Waals surface area (Å²) < 4.78 is 16.8. The van der Waals surface area contributed by atoms with Crippen LogP contribution in [0.15, 0.2) is 48.5 Å². The van der Waals surface area contributed by atoms with Crippen LogP contribution in [0.2, 0.25) is 50.9 Å². The van der Waals surface area contributed by atoms with E-state index in [1.54, 1.807) is 62.4 Å². The van der Waals surface area contributed by atoms with E-state index >= 15 is 0 Å². The molecule has 0 radical (unpaired) electrons. The normalized spacial score (nSPS) is 12.0. The van der Waals surface area contributed by atoms with E-state index in [4.69, 9.17) is 13.6 Å². The largest absolute Gasteiger partial charge is 0.462 e. The number of hydrogen-bond acceptors (Lipinski definition) is 11. The van der Waals surface area contributed by atoms with Crippen molar-refractivity contribution in [2.45, 2.75) is 71.1 Å². The van der Waals surface area contributed by atoms with Crippen LogP contribution in [-0.2, 0) is 13.6 Å². The second kappa shape index (κ2) is 17.8. The molecule has 1 aromatic heterocycles. The summed E-state index contributed by atoms with van der Waals surface area (Å²) in [7, 11) is -3.46. The molecular formula is C31H48N6O5Si3. The number of esters is 2. The van der Waals surface area contributed by atoms with E-state index in [0.717, 1.165) is 12.5 Å². The minimum atomic E-state index is -1.58. The van der Waals surface area contributed by atoms with Crippen molar-refractivity contribution in [1.82, 2.24) is 15.0 Å². The van der Waals surface area contributed by atoms with Gasteiger partial charge in [-0.2, -0.15) is 15.0 Å². The molecule has 11 nitrogen and oxygen atoms in total. The summed E-state index contributed by atoms with van der Waals surface area (Å²) in [6, 6.07) is 17.6. The second-order valence-electron chi connectivity index (χ2n) is 12.0. The molecule has 3 rings (SSSR count). The van der Waals surface area contributed by atoms with Gasteiger partial charge in [0, 0.05) is 26.7 Å². The molecule has 1 atom stereocenters. The molecule has 0 saturated carbocycles. The van der Waals surface area contributed by atoms with Crippen molar-refractivity contribution in [3.05, 3.63) is 59.7 Å². The zero-order valence-corrected chi connectivity index (χ0v) is 30.9. The number of benzene rings is 2. The lowest BCUT2D eigenvalue weighted by Gasteiger charge is -2.26. The van der Waals surface area contributed by atoms with E-state index in [9.17, 15) is 9.59 Å². The molecule has 3 aromatic rings. The Kier molecular flexibility index (Phi) is 14.2. The van der Waals surface area contributed by atoms with Gasteiger partial charge in [0.25, 0.3) is 0 Å². The van der Waals surface area contributed by atoms with Gasteiger partial charge in [-0.25, -0.2) is 9.59 Å². The Morgan fingerprint density at radius 1 is 0.711 bits per heavy atom. The van der Waals surface area contributed by atoms with Gasteiger partial charge >= 0.3 is 11.9 Å². The summed E-state index contributed by atoms with van der Waals surface area (Å²) in [6.45, 7) is 16.5. The predicted octanol–water partition coefficient (Wildman–Crippen LogP) is 6.58. The van der Waals surface area contributed by atoms with Crippen molar-refractivity contribution < 1.29 is 23.2 Å². The molecule has 3 N–H and O–H groups in total. The zero-order valence-electron chi connectivity index (χ0n) is 27.6. The Morgan fingerprint density at radius 2 is 1.18 bits per heavy atom. The van der Waals surface area contributed by atoms with Crippen LogP contribution in [0.1, 0.15) is 41.0 Å². The van der Waals surface area contributed by atoms with E-state index in [1.165, 1.54) is 12.1 Å². The van der Waals surface area contributed by atoms with Crippen LogP contribution in [0.25, 0.3) is 0 Å². The number of aromatic nitrogens is 3. The SMILES string of the molecule is CCOC(=O)c1ccc(Nc2nc(NCCC[SiH](CC[SiH](C)C)O[Si](C)(C)C)nc(Nc3ccc(C(=O)OCC)cc3)n2)cc1. The maximum absolute atomic E-state index is 12.1. The lowest BCUT2D eigenvalue weighted by molar-refractivity contribution is 0.0517. The molecule has 0 bridgehead atoms. The average Bonchev–Trinajstić information content (AvgIpc) is 2.98. The Balaban J connectivity index is 1.75. The molecule has 0 aliphatic rings. The summed E-state index contributed by atoms with van der Waals surface area (Å²) in [5.74, 6) is 0.350. The zero-order chi connectivity index (χ0) is 32.8. The van der Waals surface area contributed by atoms with Crippen molar-refractivity contribution in [2.24, 2.45) is 0 Å². The summed E-state index contributed by atoms with van der Waals surface area (Å²) in [4.78, 5) is 37.9. The first-order chi connectivity index (χ1) is 21.5. The predicted molar refractivity (Wildman–Crippen MR) is 189 cm³/mol. The Labute approximate surface area is 271 Å². The van der Waals surface area contributed by atoms with Gasteiger partial charge in [0.15, 0.2) is 17.4 Å². The Bertz CT molecular complexity index is 1290. The van der Waals surface area contributed by atoms with E-state index in [1.807, 2.05) is 0 Å². The fourth-order valence-electron chi connectivity index (χ4n) is 4.44. The maximum Gasteiger partial charge on any atom is 0.338 e. The highest BCUT2D eigenvalue weighted by Gasteiger charge is 2.22. The number of anilines is 5. The summed E-state index contributed by atoms with van der Waals surface area (Å²) in [5.41, 5.74) is 2.33. The van der Waals surface area contributed by atoms with Crippen LogP contribution in [0.5, 0.6) is 0 Å². The quantitative estimate of drug-likeness (QED) is 0.0771. The average molecular weight is 669 g/mol. The summed E-state index contributed by atoms with van der Waals surface area (Å²) in [6.07, 6.45) is 0.975. The molecule has 0 fully saturated rings. The lowest BCUT2D eigenvalue weighted by atomic mass is 10.2. The van der Waals surface area contributed by atoms with Crippen LogP contribution in [-0.4, -0.2) is 72.8 Å². The second-order valence-corrected chi connectivity index (χ2v) is 23.0. The van der Waals surface area contributed by atoms with E-state index in [0.29, 0.717) is 60.1 Å². The van der Waals surface area contributed by atoms with Gasteiger partial charge in [-0.15, -0.1) is 0 Å². The summed E-state index contributed by atoms with van der Waals surface area (Å²) in [5, 5.41) is 9.79. The summed E-state index contributed by atoms with van der Waals surface area (Å²) >= 11 is 0. The number of carbonyl (C=O) groups is 2. The fourth-order valence-corrected chi connectivity index (χ4v) is 14.5. The van der Waals surface area contributed by atoms with Gasteiger partial charge in [0.1, 0.15) is 0 Å². The Hall–Kier alpha value is -3.60. The van der Waals surface area contributed by atoms with Gasteiger partial charge < -0.3 is 29.5 Å². The molecule has 0 spiro atoms. The molecule has 0 amide bonds. The molecule has 244 valence electrons. The monoisotopic (exact) mass is 668 g/mol. The van der Waals surface area contributed by atoms with Gasteiger partial charge in [0.05, 0.1) is 24.3 Å². The third kappa shape index (κ3) is 13.1. The van der Waals surface area contributed by atoms with Crippen LogP contribution in [0.4, 0.5) is 29.2 Å². The minimum Gasteiger partial charge on any atom is -0.462 e. The first-order valence-corrected chi connectivity index (χ1v) is 24.4. The molecule has 14 heteroatoms. The van der Waals surface area contributed by atoms with E-state index < -0.39 is 26.2 Å². The number of carbonyl (C=O) groups excluding carboxylic acids is 2. The molecule has 0 aliphatic carbocycles. The number of hydrogen-bond donors (Lipinski definition) is 3. The third-order valence-corrected chi connectivity index (χ3v) is 14.9. The fraction of sp³-hybridized carbons (Fsp3) is 0.452. The van der Waals surface area contributed by atoms with E-state index in [-0.39, 0.29) is 11.9 Å². The molecule has 2 aromatic carbocycles. The minimum absolute atomic E-state index is 0.314. The molecule has 0 aliphatic heterocycles. The van der Waals surface area contributed by atoms with Gasteiger partial charge in [-0.3, -0.25) is 0 Å². The smallest absolute Gasteiger partial charge is 0.338 e. The van der Waals surface area contributed by atoms with Crippen molar-refractivity contribution in [3.8, 4) is 0 Å². The standard InChI is InChI=1S/C31H48N6O5Si3/c1-8-40-27(38)23-11-15-25(16-12-23)33-30-35-29(32-19-10-20-44(22-21-43(3)4)42-45(5,6)7)36-31(37-30)34-26-17-13-24(14-18-26)28(39)41-9-2/h11-18,43-44H,8-10,19-22H2,1-7H3,(H3,32,33,34,35,36,37). The number of ether oxygens (including phenoxy) is 2. The molecule has 1 heterocycles. The van der Waals surface area contributed by atoms with Crippen molar-refractivity contribution in [3.63, 3.8) is 0 Å². The maximum atomic E-state index is 12.1. The third-order valence-electron chi connectivity index (χ3n) is 6.51. The van der Waals surface area contributed by atoms with Gasteiger partial charge in [-0.1, -0.05) is 19.1 Å². The van der Waals surface area contributed by atoms with Crippen LogP contribution >= 0.6 is 0 Å². The highest BCUT2D eigenvalue weighted by molar-refractivity contribution is 6.77.